The van der Waals surface area contributed by atoms with Gasteiger partial charge in [-0.2, -0.15) is 0 Å². The summed E-state index contributed by atoms with van der Waals surface area (Å²) in [6, 6.07) is 2.85. The van der Waals surface area contributed by atoms with Crippen molar-refractivity contribution in [2.75, 3.05) is 5.32 Å². The van der Waals surface area contributed by atoms with E-state index in [1.54, 1.807) is 11.8 Å². The molecule has 8 nitrogen and oxygen atoms in total. The van der Waals surface area contributed by atoms with Gasteiger partial charge in [0.1, 0.15) is 11.4 Å². The predicted octanol–water partition coefficient (Wildman–Crippen LogP) is 2.19. The molecule has 0 saturated heterocycles. The molecule has 8 heteroatoms. The number of rotatable bonds is 5. The zero-order valence-electron chi connectivity index (χ0n) is 15.9. The van der Waals surface area contributed by atoms with Gasteiger partial charge in [-0.05, 0) is 40.7 Å². The van der Waals surface area contributed by atoms with Crippen LogP contribution in [0.1, 0.15) is 54.3 Å². The Morgan fingerprint density at radius 2 is 1.81 bits per heavy atom. The highest BCUT2D eigenvalue weighted by Gasteiger charge is 2.23. The lowest BCUT2D eigenvalue weighted by atomic mass is 10.1. The van der Waals surface area contributed by atoms with E-state index in [1.807, 2.05) is 27.7 Å². The third-order valence-electron chi connectivity index (χ3n) is 3.89. The number of anilines is 1. The molecule has 0 fully saturated rings. The second-order valence-electron chi connectivity index (χ2n) is 6.74. The smallest absolute Gasteiger partial charge is 0.278 e. The van der Waals surface area contributed by atoms with Crippen LogP contribution in [0.5, 0.6) is 0 Å². The summed E-state index contributed by atoms with van der Waals surface area (Å²) >= 11 is 0. The van der Waals surface area contributed by atoms with E-state index in [2.05, 4.69) is 10.5 Å². The molecule has 1 N–H and O–H groups in total. The Kier molecular flexibility index (Phi) is 5.64. The van der Waals surface area contributed by atoms with Gasteiger partial charge in [0.2, 0.25) is 0 Å². The van der Waals surface area contributed by atoms with Crippen molar-refractivity contribution in [1.82, 2.24) is 14.6 Å². The molecule has 0 unspecified atom stereocenters. The van der Waals surface area contributed by atoms with Crippen molar-refractivity contribution in [2.45, 2.75) is 46.7 Å². The Bertz CT molecular complexity index is 872. The molecule has 2 aromatic heterocycles. The number of hydrogen-bond donors (Lipinski definition) is 1. The van der Waals surface area contributed by atoms with Gasteiger partial charge < -0.3 is 19.3 Å². The van der Waals surface area contributed by atoms with E-state index in [0.29, 0.717) is 11.3 Å². The summed E-state index contributed by atoms with van der Waals surface area (Å²) in [4.78, 5) is 39.2. The molecule has 0 saturated carbocycles. The summed E-state index contributed by atoms with van der Waals surface area (Å²) in [6.45, 7) is 9.37. The number of pyridine rings is 1. The van der Waals surface area contributed by atoms with Crippen molar-refractivity contribution in [3.05, 3.63) is 45.7 Å². The molecule has 0 aliphatic heterocycles. The molecule has 0 spiro atoms. The maximum absolute atomic E-state index is 12.9. The lowest BCUT2D eigenvalue weighted by Gasteiger charge is -2.31. The Labute approximate surface area is 151 Å². The number of aryl methyl sites for hydroxylation is 2. The number of hydrogen-bond acceptors (Lipinski definition) is 5. The van der Waals surface area contributed by atoms with Crippen LogP contribution in [0.2, 0.25) is 0 Å². The minimum atomic E-state index is -0.576. The Hall–Kier alpha value is -2.90. The van der Waals surface area contributed by atoms with Crippen molar-refractivity contribution in [1.29, 1.82) is 0 Å². The van der Waals surface area contributed by atoms with Gasteiger partial charge in [-0.15, -0.1) is 0 Å². The molecule has 0 radical (unpaired) electrons. The monoisotopic (exact) mass is 360 g/mol. The van der Waals surface area contributed by atoms with E-state index in [9.17, 15) is 14.4 Å². The lowest BCUT2D eigenvalue weighted by Crippen LogP contribution is -2.42. The topological polar surface area (TPSA) is 97.4 Å². The molecule has 2 amide bonds. The van der Waals surface area contributed by atoms with Crippen LogP contribution in [0.25, 0.3) is 0 Å². The molecule has 2 rings (SSSR count). The summed E-state index contributed by atoms with van der Waals surface area (Å²) in [5, 5.41) is 6.13. The standard InChI is InChI=1S/C18H24N4O4/c1-10(2)22(11(3)4)17(24)13-8-15(18(25)21(6)9-13)19-16(23)14-7-12(5)26-20-14/h7-11H,1-6H3,(H,19,23). The number of aromatic nitrogens is 2. The number of carbonyl (C=O) groups is 2. The van der Waals surface area contributed by atoms with Gasteiger partial charge in [0, 0.05) is 31.4 Å². The molecular formula is C18H24N4O4. The minimum absolute atomic E-state index is 0.00381. The highest BCUT2D eigenvalue weighted by Crippen LogP contribution is 2.14. The number of nitrogens with zero attached hydrogens (tertiary/aromatic N) is 3. The molecule has 0 aromatic carbocycles. The second kappa shape index (κ2) is 7.55. The maximum Gasteiger partial charge on any atom is 0.278 e. The van der Waals surface area contributed by atoms with Crippen LogP contribution >= 0.6 is 0 Å². The lowest BCUT2D eigenvalue weighted by molar-refractivity contribution is 0.0642. The maximum atomic E-state index is 12.9. The van der Waals surface area contributed by atoms with Crippen molar-refractivity contribution < 1.29 is 14.1 Å². The normalized spacial score (nSPS) is 11.1. The van der Waals surface area contributed by atoms with Crippen LogP contribution < -0.4 is 10.9 Å². The van der Waals surface area contributed by atoms with Crippen LogP contribution in [0, 0.1) is 6.92 Å². The molecule has 2 heterocycles. The average Bonchev–Trinajstić information content (AvgIpc) is 2.97. The Balaban J connectivity index is 2.38. The molecular weight excluding hydrogens is 336 g/mol. The fourth-order valence-electron chi connectivity index (χ4n) is 2.79. The first-order valence-corrected chi connectivity index (χ1v) is 8.39. The van der Waals surface area contributed by atoms with Gasteiger partial charge in [0.15, 0.2) is 5.69 Å². The van der Waals surface area contributed by atoms with Crippen LogP contribution in [-0.4, -0.2) is 38.5 Å². The van der Waals surface area contributed by atoms with Crippen LogP contribution in [-0.2, 0) is 7.05 Å². The summed E-state index contributed by atoms with van der Waals surface area (Å²) < 4.78 is 6.14. The first-order chi connectivity index (χ1) is 12.1. The van der Waals surface area contributed by atoms with Gasteiger partial charge in [-0.3, -0.25) is 14.4 Å². The van der Waals surface area contributed by atoms with E-state index in [-0.39, 0.29) is 29.4 Å². The summed E-state index contributed by atoms with van der Waals surface area (Å²) in [6.07, 6.45) is 1.47. The third-order valence-corrected chi connectivity index (χ3v) is 3.89. The van der Waals surface area contributed by atoms with Crippen LogP contribution in [0.4, 0.5) is 5.69 Å². The Morgan fingerprint density at radius 3 is 2.31 bits per heavy atom. The van der Waals surface area contributed by atoms with E-state index in [0.717, 1.165) is 0 Å². The molecule has 26 heavy (non-hydrogen) atoms. The zero-order chi connectivity index (χ0) is 19.6. The summed E-state index contributed by atoms with van der Waals surface area (Å²) in [5.74, 6) is -0.303. The number of carbonyl (C=O) groups excluding carboxylic acids is 2. The quantitative estimate of drug-likeness (QED) is 0.881. The molecule has 0 aliphatic carbocycles. The van der Waals surface area contributed by atoms with E-state index in [4.69, 9.17) is 4.52 Å². The van der Waals surface area contributed by atoms with Gasteiger partial charge in [-0.1, -0.05) is 5.16 Å². The van der Waals surface area contributed by atoms with Gasteiger partial charge in [-0.25, -0.2) is 0 Å². The van der Waals surface area contributed by atoms with E-state index < -0.39 is 11.5 Å². The summed E-state index contributed by atoms with van der Waals surface area (Å²) in [7, 11) is 1.53. The SMILES string of the molecule is Cc1cc(C(=O)Nc2cc(C(=O)N(C(C)C)C(C)C)cn(C)c2=O)no1. The van der Waals surface area contributed by atoms with Crippen LogP contribution in [0.15, 0.2) is 27.6 Å². The number of amides is 2. The van der Waals surface area contributed by atoms with E-state index >= 15 is 0 Å². The molecule has 2 aromatic rings. The summed E-state index contributed by atoms with van der Waals surface area (Å²) in [5.41, 5.74) is -0.0272. The fourth-order valence-corrected chi connectivity index (χ4v) is 2.79. The Morgan fingerprint density at radius 1 is 1.19 bits per heavy atom. The molecule has 0 bridgehead atoms. The third kappa shape index (κ3) is 4.01. The number of nitrogens with one attached hydrogen (secondary N) is 1. The highest BCUT2D eigenvalue weighted by molar-refractivity contribution is 6.03. The van der Waals surface area contributed by atoms with Crippen molar-refractivity contribution in [2.24, 2.45) is 7.05 Å². The van der Waals surface area contributed by atoms with Gasteiger partial charge >= 0.3 is 0 Å². The molecule has 140 valence electrons. The van der Waals surface area contributed by atoms with Crippen molar-refractivity contribution >= 4 is 17.5 Å². The highest BCUT2D eigenvalue weighted by atomic mass is 16.5. The van der Waals surface area contributed by atoms with E-state index in [1.165, 1.54) is 29.9 Å². The minimum Gasteiger partial charge on any atom is -0.361 e. The fraction of sp³-hybridized carbons (Fsp3) is 0.444. The molecule has 0 atom stereocenters. The van der Waals surface area contributed by atoms with Gasteiger partial charge in [0.05, 0.1) is 5.56 Å². The predicted molar refractivity (Wildman–Crippen MR) is 97.3 cm³/mol. The first-order valence-electron chi connectivity index (χ1n) is 8.39. The average molecular weight is 360 g/mol. The van der Waals surface area contributed by atoms with Crippen molar-refractivity contribution in [3.8, 4) is 0 Å². The first kappa shape index (κ1) is 19.4. The molecule has 0 aliphatic rings. The van der Waals surface area contributed by atoms with Crippen LogP contribution in [0.3, 0.4) is 0 Å². The van der Waals surface area contributed by atoms with Crippen molar-refractivity contribution in [3.63, 3.8) is 0 Å². The largest absolute Gasteiger partial charge is 0.361 e. The zero-order valence-corrected chi connectivity index (χ0v) is 15.9. The second-order valence-corrected chi connectivity index (χ2v) is 6.74. The van der Waals surface area contributed by atoms with Gasteiger partial charge in [0.25, 0.3) is 17.4 Å².